The lowest BCUT2D eigenvalue weighted by Gasteiger charge is -2.23. The molecule has 5 nitrogen and oxygen atoms in total. The van der Waals surface area contributed by atoms with Crippen LogP contribution in [0.1, 0.15) is 29.0 Å². The molecule has 5 heteroatoms. The van der Waals surface area contributed by atoms with Gasteiger partial charge in [0, 0.05) is 26.2 Å². The highest BCUT2D eigenvalue weighted by atomic mass is 16.2. The number of aryl methyl sites for hydroxylation is 2. The molecule has 2 rings (SSSR count). The molecular formula is C11H18N4O. The Balaban J connectivity index is 2.21. The fourth-order valence-corrected chi connectivity index (χ4v) is 2.31. The fraction of sp³-hybridized carbons (Fsp3) is 0.636. The van der Waals surface area contributed by atoms with Crippen molar-refractivity contribution in [2.24, 2.45) is 12.8 Å². The topological polar surface area (TPSA) is 64.2 Å². The molecule has 0 aliphatic carbocycles. The van der Waals surface area contributed by atoms with Crippen molar-refractivity contribution in [1.82, 2.24) is 14.7 Å². The normalized spacial score (nSPS) is 20.4. The highest BCUT2D eigenvalue weighted by Crippen LogP contribution is 2.19. The van der Waals surface area contributed by atoms with Crippen LogP contribution >= 0.6 is 0 Å². The minimum Gasteiger partial charge on any atom is -0.333 e. The number of nitrogens with zero attached hydrogens (tertiary/aromatic N) is 3. The molecule has 1 aliphatic rings. The molecule has 1 saturated heterocycles. The van der Waals surface area contributed by atoms with E-state index >= 15 is 0 Å². The minimum atomic E-state index is 0.0519. The van der Waals surface area contributed by atoms with Crippen molar-refractivity contribution in [2.45, 2.75) is 25.8 Å². The molecule has 0 saturated carbocycles. The van der Waals surface area contributed by atoms with Crippen molar-refractivity contribution >= 4 is 5.91 Å². The molecule has 1 aliphatic heterocycles. The van der Waals surface area contributed by atoms with Gasteiger partial charge in [0.1, 0.15) is 5.69 Å². The number of aromatic nitrogens is 2. The van der Waals surface area contributed by atoms with Crippen LogP contribution in [0.2, 0.25) is 0 Å². The Morgan fingerprint density at radius 1 is 1.69 bits per heavy atom. The van der Waals surface area contributed by atoms with Gasteiger partial charge >= 0.3 is 0 Å². The largest absolute Gasteiger partial charge is 0.333 e. The zero-order chi connectivity index (χ0) is 11.7. The zero-order valence-corrected chi connectivity index (χ0v) is 9.81. The Labute approximate surface area is 95.2 Å². The summed E-state index contributed by atoms with van der Waals surface area (Å²) in [6, 6.07) is 2.02. The predicted molar refractivity (Wildman–Crippen MR) is 61.1 cm³/mol. The molecule has 0 aromatic carbocycles. The van der Waals surface area contributed by atoms with Gasteiger partial charge in [-0.05, 0) is 25.8 Å². The number of rotatable bonds is 2. The first-order valence-electron chi connectivity index (χ1n) is 5.65. The standard InChI is InChI=1S/C11H18N4O/c1-8-6-10(14(2)13-8)11(16)15-5-3-4-9(15)7-12/h6,9H,3-5,7,12H2,1-2H3. The van der Waals surface area contributed by atoms with Gasteiger partial charge in [0.2, 0.25) is 0 Å². The van der Waals surface area contributed by atoms with E-state index in [1.807, 2.05) is 17.9 Å². The molecule has 0 spiro atoms. The van der Waals surface area contributed by atoms with E-state index in [4.69, 9.17) is 5.73 Å². The lowest BCUT2D eigenvalue weighted by Crippen LogP contribution is -2.40. The van der Waals surface area contributed by atoms with Crippen LogP contribution in [0.25, 0.3) is 0 Å². The third-order valence-electron chi connectivity index (χ3n) is 3.13. The van der Waals surface area contributed by atoms with Crippen LogP contribution in [0.5, 0.6) is 0 Å². The van der Waals surface area contributed by atoms with E-state index in [-0.39, 0.29) is 11.9 Å². The summed E-state index contributed by atoms with van der Waals surface area (Å²) in [6.45, 7) is 3.24. The maximum absolute atomic E-state index is 12.3. The van der Waals surface area contributed by atoms with Gasteiger partial charge in [-0.3, -0.25) is 9.48 Å². The molecule has 1 aromatic heterocycles. The van der Waals surface area contributed by atoms with E-state index < -0.39 is 0 Å². The molecular weight excluding hydrogens is 204 g/mol. The quantitative estimate of drug-likeness (QED) is 0.782. The van der Waals surface area contributed by atoms with E-state index in [9.17, 15) is 4.79 Å². The van der Waals surface area contributed by atoms with E-state index in [1.165, 1.54) is 0 Å². The van der Waals surface area contributed by atoms with Crippen LogP contribution in [0.4, 0.5) is 0 Å². The van der Waals surface area contributed by atoms with Crippen molar-refractivity contribution in [1.29, 1.82) is 0 Å². The maximum atomic E-state index is 12.3. The van der Waals surface area contributed by atoms with Crippen LogP contribution < -0.4 is 5.73 Å². The van der Waals surface area contributed by atoms with Gasteiger partial charge in [-0.15, -0.1) is 0 Å². The predicted octanol–water partition coefficient (Wildman–Crippen LogP) is 0.292. The molecule has 0 bridgehead atoms. The summed E-state index contributed by atoms with van der Waals surface area (Å²) in [5.74, 6) is 0.0519. The lowest BCUT2D eigenvalue weighted by atomic mass is 10.2. The Hall–Kier alpha value is -1.36. The number of amides is 1. The van der Waals surface area contributed by atoms with Crippen molar-refractivity contribution < 1.29 is 4.79 Å². The van der Waals surface area contributed by atoms with E-state index in [2.05, 4.69) is 5.10 Å². The molecule has 1 aromatic rings. The number of likely N-dealkylation sites (tertiary alicyclic amines) is 1. The van der Waals surface area contributed by atoms with E-state index in [0.717, 1.165) is 25.1 Å². The van der Waals surface area contributed by atoms with Gasteiger partial charge in [0.15, 0.2) is 0 Å². The van der Waals surface area contributed by atoms with Gasteiger partial charge in [0.25, 0.3) is 5.91 Å². The van der Waals surface area contributed by atoms with Crippen LogP contribution in [-0.4, -0.2) is 39.7 Å². The first kappa shape index (κ1) is 11.1. The monoisotopic (exact) mass is 222 g/mol. The Morgan fingerprint density at radius 2 is 2.44 bits per heavy atom. The van der Waals surface area contributed by atoms with Gasteiger partial charge in [-0.2, -0.15) is 5.10 Å². The third-order valence-corrected chi connectivity index (χ3v) is 3.13. The summed E-state index contributed by atoms with van der Waals surface area (Å²) in [6.07, 6.45) is 2.06. The fourth-order valence-electron chi connectivity index (χ4n) is 2.31. The van der Waals surface area contributed by atoms with Crippen LogP contribution in [-0.2, 0) is 7.05 Å². The number of carbonyl (C=O) groups is 1. The first-order chi connectivity index (χ1) is 7.63. The highest BCUT2D eigenvalue weighted by molar-refractivity contribution is 5.93. The lowest BCUT2D eigenvalue weighted by molar-refractivity contribution is 0.0730. The summed E-state index contributed by atoms with van der Waals surface area (Å²) < 4.78 is 1.64. The highest BCUT2D eigenvalue weighted by Gasteiger charge is 2.29. The van der Waals surface area contributed by atoms with Gasteiger partial charge in [-0.1, -0.05) is 0 Å². The Kier molecular flexibility index (Phi) is 2.96. The third kappa shape index (κ3) is 1.82. The molecule has 2 heterocycles. The average molecular weight is 222 g/mol. The van der Waals surface area contributed by atoms with E-state index in [1.54, 1.807) is 11.7 Å². The van der Waals surface area contributed by atoms with Crippen molar-refractivity contribution in [3.8, 4) is 0 Å². The molecule has 1 atom stereocenters. The average Bonchev–Trinajstić information content (AvgIpc) is 2.83. The first-order valence-corrected chi connectivity index (χ1v) is 5.65. The minimum absolute atomic E-state index is 0.0519. The molecule has 88 valence electrons. The summed E-state index contributed by atoms with van der Waals surface area (Å²) >= 11 is 0. The second-order valence-corrected chi connectivity index (χ2v) is 4.32. The van der Waals surface area contributed by atoms with Gasteiger partial charge < -0.3 is 10.6 Å². The molecule has 1 amide bonds. The van der Waals surface area contributed by atoms with E-state index in [0.29, 0.717) is 12.2 Å². The Morgan fingerprint density at radius 3 is 3.00 bits per heavy atom. The number of hydrogen-bond donors (Lipinski definition) is 1. The summed E-state index contributed by atoms with van der Waals surface area (Å²) in [4.78, 5) is 14.1. The second-order valence-electron chi connectivity index (χ2n) is 4.32. The van der Waals surface area contributed by atoms with Crippen molar-refractivity contribution in [3.05, 3.63) is 17.5 Å². The molecule has 16 heavy (non-hydrogen) atoms. The smallest absolute Gasteiger partial charge is 0.272 e. The second kappa shape index (κ2) is 4.25. The van der Waals surface area contributed by atoms with Crippen molar-refractivity contribution in [2.75, 3.05) is 13.1 Å². The van der Waals surface area contributed by atoms with Crippen LogP contribution in [0, 0.1) is 6.92 Å². The molecule has 2 N–H and O–H groups in total. The summed E-state index contributed by atoms with van der Waals surface area (Å²) in [7, 11) is 1.80. The Bertz CT molecular complexity index is 399. The van der Waals surface area contributed by atoms with Gasteiger partial charge in [0.05, 0.1) is 5.69 Å². The zero-order valence-electron chi connectivity index (χ0n) is 9.81. The van der Waals surface area contributed by atoms with Crippen LogP contribution in [0.15, 0.2) is 6.07 Å². The number of nitrogens with two attached hydrogens (primary N) is 1. The van der Waals surface area contributed by atoms with Crippen LogP contribution in [0.3, 0.4) is 0 Å². The van der Waals surface area contributed by atoms with Crippen molar-refractivity contribution in [3.63, 3.8) is 0 Å². The number of carbonyl (C=O) groups excluding carboxylic acids is 1. The molecule has 0 radical (unpaired) electrons. The van der Waals surface area contributed by atoms with Gasteiger partial charge in [-0.25, -0.2) is 0 Å². The molecule has 1 unspecified atom stereocenters. The molecule has 1 fully saturated rings. The summed E-state index contributed by atoms with van der Waals surface area (Å²) in [5, 5.41) is 4.19. The maximum Gasteiger partial charge on any atom is 0.272 e. The SMILES string of the molecule is Cc1cc(C(=O)N2CCCC2CN)n(C)n1. The summed E-state index contributed by atoms with van der Waals surface area (Å²) in [5.41, 5.74) is 7.19. The number of hydrogen-bond acceptors (Lipinski definition) is 3.